The van der Waals surface area contributed by atoms with E-state index in [0.717, 1.165) is 12.0 Å². The van der Waals surface area contributed by atoms with Gasteiger partial charge in [0.25, 0.3) is 0 Å². The summed E-state index contributed by atoms with van der Waals surface area (Å²) in [5.74, 6) is 0.868. The predicted octanol–water partition coefficient (Wildman–Crippen LogP) is 3.67. The monoisotopic (exact) mass is 261 g/mol. The van der Waals surface area contributed by atoms with Crippen LogP contribution in [0, 0.1) is 5.92 Å². The Bertz CT molecular complexity index is 149. The summed E-state index contributed by atoms with van der Waals surface area (Å²) in [6.07, 6.45) is 6.87. The molecule has 0 N–H and O–H groups in total. The van der Waals surface area contributed by atoms with Crippen LogP contribution in [0.5, 0.6) is 0 Å². The zero-order valence-corrected chi connectivity index (χ0v) is 11.2. The third-order valence-electron chi connectivity index (χ3n) is 3.38. The first-order chi connectivity index (χ1) is 6.81. The Kier molecular flexibility index (Phi) is 6.11. The highest BCUT2D eigenvalue weighted by Crippen LogP contribution is 2.22. The van der Waals surface area contributed by atoms with Crippen molar-refractivity contribution in [3.05, 3.63) is 0 Å². The van der Waals surface area contributed by atoms with Crippen molar-refractivity contribution in [1.82, 2.24) is 4.90 Å². The average Bonchev–Trinajstić information content (AvgIpc) is 2.64. The Balaban J connectivity index is 2.32. The molecule has 2 atom stereocenters. The van der Waals surface area contributed by atoms with Gasteiger partial charge in [-0.25, -0.2) is 0 Å². The van der Waals surface area contributed by atoms with Crippen LogP contribution in [0.15, 0.2) is 0 Å². The highest BCUT2D eigenvalue weighted by molar-refractivity contribution is 9.09. The molecule has 0 radical (unpaired) electrons. The molecule has 1 heterocycles. The molecule has 0 amide bonds. The van der Waals surface area contributed by atoms with Crippen molar-refractivity contribution in [3.63, 3.8) is 0 Å². The van der Waals surface area contributed by atoms with Crippen LogP contribution >= 0.6 is 15.9 Å². The number of hydrogen-bond acceptors (Lipinski definition) is 1. The normalized spacial score (nSPS) is 25.5. The third kappa shape index (κ3) is 3.54. The number of halogens is 1. The van der Waals surface area contributed by atoms with Gasteiger partial charge in [-0.05, 0) is 38.1 Å². The first-order valence-corrected chi connectivity index (χ1v) is 7.23. The molecule has 84 valence electrons. The van der Waals surface area contributed by atoms with Crippen LogP contribution in [-0.2, 0) is 0 Å². The molecule has 1 fully saturated rings. The zero-order valence-electron chi connectivity index (χ0n) is 9.64. The van der Waals surface area contributed by atoms with Gasteiger partial charge >= 0.3 is 0 Å². The molecule has 0 aromatic carbocycles. The summed E-state index contributed by atoms with van der Waals surface area (Å²) < 4.78 is 0. The van der Waals surface area contributed by atoms with E-state index >= 15 is 0 Å². The quantitative estimate of drug-likeness (QED) is 0.660. The predicted molar refractivity (Wildman–Crippen MR) is 67.1 cm³/mol. The topological polar surface area (TPSA) is 3.24 Å². The van der Waals surface area contributed by atoms with Crippen molar-refractivity contribution in [3.8, 4) is 0 Å². The molecule has 0 aliphatic carbocycles. The minimum Gasteiger partial charge on any atom is -0.300 e. The first-order valence-electron chi connectivity index (χ1n) is 6.11. The average molecular weight is 262 g/mol. The SMILES string of the molecule is CCCC(CBr)CN1CCCC1CC. The second-order valence-electron chi connectivity index (χ2n) is 4.51. The molecule has 0 bridgehead atoms. The number of rotatable bonds is 6. The Morgan fingerprint density at radius 3 is 2.79 bits per heavy atom. The molecular formula is C12H24BrN. The van der Waals surface area contributed by atoms with Gasteiger partial charge in [0, 0.05) is 17.9 Å². The van der Waals surface area contributed by atoms with Gasteiger partial charge in [-0.15, -0.1) is 0 Å². The van der Waals surface area contributed by atoms with Gasteiger partial charge in [0.2, 0.25) is 0 Å². The summed E-state index contributed by atoms with van der Waals surface area (Å²) in [4.78, 5) is 2.71. The van der Waals surface area contributed by atoms with Crippen molar-refractivity contribution >= 4 is 15.9 Å². The van der Waals surface area contributed by atoms with Crippen molar-refractivity contribution in [1.29, 1.82) is 0 Å². The van der Waals surface area contributed by atoms with E-state index in [-0.39, 0.29) is 0 Å². The van der Waals surface area contributed by atoms with Gasteiger partial charge < -0.3 is 4.90 Å². The van der Waals surface area contributed by atoms with Crippen LogP contribution in [0.1, 0.15) is 46.0 Å². The molecule has 1 aliphatic heterocycles. The van der Waals surface area contributed by atoms with Crippen molar-refractivity contribution in [2.45, 2.75) is 52.0 Å². The Morgan fingerprint density at radius 1 is 1.43 bits per heavy atom. The summed E-state index contributed by atoms with van der Waals surface area (Å²) in [7, 11) is 0. The molecule has 1 saturated heterocycles. The fraction of sp³-hybridized carbons (Fsp3) is 1.00. The standard InChI is InChI=1S/C12H24BrN/c1-3-6-11(9-13)10-14-8-5-7-12(14)4-2/h11-12H,3-10H2,1-2H3. The van der Waals surface area contributed by atoms with E-state index in [9.17, 15) is 0 Å². The van der Waals surface area contributed by atoms with E-state index in [1.165, 1.54) is 50.5 Å². The van der Waals surface area contributed by atoms with Crippen molar-refractivity contribution < 1.29 is 0 Å². The van der Waals surface area contributed by atoms with Crippen LogP contribution in [0.3, 0.4) is 0 Å². The second kappa shape index (κ2) is 6.84. The van der Waals surface area contributed by atoms with Crippen molar-refractivity contribution in [2.24, 2.45) is 5.92 Å². The van der Waals surface area contributed by atoms with E-state index in [4.69, 9.17) is 0 Å². The highest BCUT2D eigenvalue weighted by Gasteiger charge is 2.24. The number of alkyl halides is 1. The molecule has 0 spiro atoms. The Morgan fingerprint density at radius 2 is 2.21 bits per heavy atom. The van der Waals surface area contributed by atoms with Gasteiger partial charge in [0.15, 0.2) is 0 Å². The summed E-state index contributed by atoms with van der Waals surface area (Å²) in [5.41, 5.74) is 0. The molecule has 2 unspecified atom stereocenters. The Labute approximate surface area is 97.4 Å². The zero-order chi connectivity index (χ0) is 10.4. The van der Waals surface area contributed by atoms with Gasteiger partial charge in [0.05, 0.1) is 0 Å². The van der Waals surface area contributed by atoms with Crippen LogP contribution < -0.4 is 0 Å². The lowest BCUT2D eigenvalue weighted by Crippen LogP contribution is -2.34. The number of nitrogens with zero attached hydrogens (tertiary/aromatic N) is 1. The molecule has 0 aromatic rings. The first kappa shape index (κ1) is 12.5. The second-order valence-corrected chi connectivity index (χ2v) is 5.16. The largest absolute Gasteiger partial charge is 0.300 e. The maximum Gasteiger partial charge on any atom is 0.00932 e. The molecule has 14 heavy (non-hydrogen) atoms. The van der Waals surface area contributed by atoms with Gasteiger partial charge in [0.1, 0.15) is 0 Å². The van der Waals surface area contributed by atoms with Crippen LogP contribution in [0.4, 0.5) is 0 Å². The van der Waals surface area contributed by atoms with E-state index in [0.29, 0.717) is 0 Å². The smallest absolute Gasteiger partial charge is 0.00932 e. The molecular weight excluding hydrogens is 238 g/mol. The molecule has 1 aliphatic rings. The summed E-state index contributed by atoms with van der Waals surface area (Å²) in [6, 6.07) is 0.883. The molecule has 1 rings (SSSR count). The number of likely N-dealkylation sites (tertiary alicyclic amines) is 1. The molecule has 0 aromatic heterocycles. The van der Waals surface area contributed by atoms with Gasteiger partial charge in [-0.1, -0.05) is 36.2 Å². The molecule has 1 nitrogen and oxygen atoms in total. The highest BCUT2D eigenvalue weighted by atomic mass is 79.9. The van der Waals surface area contributed by atoms with E-state index in [2.05, 4.69) is 34.7 Å². The third-order valence-corrected chi connectivity index (χ3v) is 4.29. The summed E-state index contributed by atoms with van der Waals surface area (Å²) in [6.45, 7) is 7.27. The van der Waals surface area contributed by atoms with Crippen LogP contribution in [0.25, 0.3) is 0 Å². The maximum absolute atomic E-state index is 3.64. The number of hydrogen-bond donors (Lipinski definition) is 0. The van der Waals surface area contributed by atoms with Crippen molar-refractivity contribution in [2.75, 3.05) is 18.4 Å². The maximum atomic E-state index is 3.64. The minimum atomic E-state index is 0.868. The lowest BCUT2D eigenvalue weighted by molar-refractivity contribution is 0.213. The van der Waals surface area contributed by atoms with Gasteiger partial charge in [-0.3, -0.25) is 0 Å². The van der Waals surface area contributed by atoms with E-state index in [1.807, 2.05) is 0 Å². The van der Waals surface area contributed by atoms with Crippen LogP contribution in [0.2, 0.25) is 0 Å². The van der Waals surface area contributed by atoms with E-state index in [1.54, 1.807) is 0 Å². The molecule has 0 saturated carbocycles. The minimum absolute atomic E-state index is 0.868. The van der Waals surface area contributed by atoms with Crippen LogP contribution in [-0.4, -0.2) is 29.4 Å². The summed E-state index contributed by atoms with van der Waals surface area (Å²) >= 11 is 3.64. The lowest BCUT2D eigenvalue weighted by Gasteiger charge is -2.27. The Hall–Kier alpha value is 0.440. The van der Waals surface area contributed by atoms with Gasteiger partial charge in [-0.2, -0.15) is 0 Å². The fourth-order valence-electron chi connectivity index (χ4n) is 2.55. The van der Waals surface area contributed by atoms with E-state index < -0.39 is 0 Å². The summed E-state index contributed by atoms with van der Waals surface area (Å²) in [5, 5.41) is 1.17. The fourth-order valence-corrected chi connectivity index (χ4v) is 3.08. The lowest BCUT2D eigenvalue weighted by atomic mass is 10.0. The molecule has 2 heteroatoms.